The van der Waals surface area contributed by atoms with Crippen LogP contribution in [-0.4, -0.2) is 18.0 Å². The van der Waals surface area contributed by atoms with Crippen molar-refractivity contribution in [1.82, 2.24) is 0 Å². The molecule has 1 aromatic heterocycles. The largest absolute Gasteiger partial charge is 0.376 e. The molecule has 2 rings (SSSR count). The highest BCUT2D eigenvalue weighted by Crippen LogP contribution is 2.39. The molecule has 1 aliphatic heterocycles. The maximum atomic E-state index is 8.89. The van der Waals surface area contributed by atoms with Gasteiger partial charge >= 0.3 is 0 Å². The van der Waals surface area contributed by atoms with Crippen molar-refractivity contribution in [3.8, 4) is 6.07 Å². The third-order valence-corrected chi connectivity index (χ3v) is 3.92. The fourth-order valence-electron chi connectivity index (χ4n) is 0.948. The molecular weight excluding hydrogens is 190 g/mol. The third-order valence-electron chi connectivity index (χ3n) is 1.67. The third kappa shape index (κ3) is 1.36. The summed E-state index contributed by atoms with van der Waals surface area (Å²) in [5, 5.41) is 10.9. The zero-order chi connectivity index (χ0) is 8.44. The highest BCUT2D eigenvalue weighted by atomic mass is 32.2. The van der Waals surface area contributed by atoms with Crippen LogP contribution in [0.2, 0.25) is 0 Å². The molecule has 0 bridgehead atoms. The average Bonchev–Trinajstić information content (AvgIpc) is 2.49. The van der Waals surface area contributed by atoms with Gasteiger partial charge in [0.15, 0.2) is 4.75 Å². The van der Waals surface area contributed by atoms with Crippen LogP contribution in [0, 0.1) is 11.3 Å². The monoisotopic (exact) mass is 197 g/mol. The molecule has 0 spiro atoms. The molecule has 2 heterocycles. The lowest BCUT2D eigenvalue weighted by Gasteiger charge is -2.33. The Morgan fingerprint density at radius 1 is 1.67 bits per heavy atom. The number of thioether (sulfide) groups is 1. The van der Waals surface area contributed by atoms with Crippen molar-refractivity contribution < 1.29 is 4.74 Å². The van der Waals surface area contributed by atoms with Gasteiger partial charge in [-0.2, -0.15) is 5.26 Å². The molecule has 1 aliphatic rings. The molecule has 62 valence electrons. The number of rotatable bonds is 2. The Kier molecular flexibility index (Phi) is 2.09. The van der Waals surface area contributed by atoms with Gasteiger partial charge < -0.3 is 4.74 Å². The molecule has 4 heteroatoms. The summed E-state index contributed by atoms with van der Waals surface area (Å²) in [4.78, 5) is 0. The second-order valence-corrected chi connectivity index (χ2v) is 5.26. The number of nitrogens with zero attached hydrogens (tertiary/aromatic N) is 1. The Bertz CT molecular complexity index is 297. The highest BCUT2D eigenvalue weighted by Gasteiger charge is 2.40. The normalized spacial score (nSPS) is 19.6. The molecule has 0 radical (unpaired) electrons. The van der Waals surface area contributed by atoms with Crippen LogP contribution in [-0.2, 0) is 4.74 Å². The standard InChI is InChI=1S/C8H7NOS2/c9-4-8(5-10-6-8)12-7-2-1-3-11-7/h1-3H,5-6H2. The summed E-state index contributed by atoms with van der Waals surface area (Å²) < 4.78 is 5.93. The molecule has 0 aliphatic carbocycles. The van der Waals surface area contributed by atoms with E-state index in [1.54, 1.807) is 23.1 Å². The number of hydrogen-bond acceptors (Lipinski definition) is 4. The van der Waals surface area contributed by atoms with E-state index >= 15 is 0 Å². The minimum Gasteiger partial charge on any atom is -0.376 e. The summed E-state index contributed by atoms with van der Waals surface area (Å²) in [6, 6.07) is 6.33. The number of thiophene rings is 1. The fourth-order valence-corrected chi connectivity index (χ4v) is 3.10. The van der Waals surface area contributed by atoms with Crippen LogP contribution in [0.25, 0.3) is 0 Å². The van der Waals surface area contributed by atoms with Crippen molar-refractivity contribution in [2.75, 3.05) is 13.2 Å². The molecule has 12 heavy (non-hydrogen) atoms. The zero-order valence-corrected chi connectivity index (χ0v) is 7.95. The van der Waals surface area contributed by atoms with E-state index in [-0.39, 0.29) is 4.75 Å². The van der Waals surface area contributed by atoms with Crippen molar-refractivity contribution in [1.29, 1.82) is 5.26 Å². The Balaban J connectivity index is 2.08. The zero-order valence-electron chi connectivity index (χ0n) is 6.32. The summed E-state index contributed by atoms with van der Waals surface area (Å²) in [6.45, 7) is 1.12. The van der Waals surface area contributed by atoms with Gasteiger partial charge in [-0.05, 0) is 11.4 Å². The van der Waals surface area contributed by atoms with E-state index in [4.69, 9.17) is 10.00 Å². The lowest BCUT2D eigenvalue weighted by Crippen LogP contribution is -2.44. The van der Waals surface area contributed by atoms with E-state index in [0.29, 0.717) is 13.2 Å². The number of nitriles is 1. The van der Waals surface area contributed by atoms with Gasteiger partial charge in [-0.3, -0.25) is 0 Å². The van der Waals surface area contributed by atoms with Gasteiger partial charge in [0.1, 0.15) is 0 Å². The predicted molar refractivity (Wildman–Crippen MR) is 49.3 cm³/mol. The van der Waals surface area contributed by atoms with Gasteiger partial charge in [-0.1, -0.05) is 17.8 Å². The Hall–Kier alpha value is -0.500. The first kappa shape index (κ1) is 8.11. The first-order valence-corrected chi connectivity index (χ1v) is 5.26. The average molecular weight is 197 g/mol. The maximum absolute atomic E-state index is 8.89. The van der Waals surface area contributed by atoms with Crippen molar-refractivity contribution in [3.63, 3.8) is 0 Å². The van der Waals surface area contributed by atoms with Gasteiger partial charge in [0.05, 0.1) is 23.5 Å². The molecule has 2 nitrogen and oxygen atoms in total. The molecule has 0 atom stereocenters. The van der Waals surface area contributed by atoms with Crippen LogP contribution < -0.4 is 0 Å². The highest BCUT2D eigenvalue weighted by molar-refractivity contribution is 8.02. The molecule has 1 saturated heterocycles. The van der Waals surface area contributed by atoms with Crippen molar-refractivity contribution >= 4 is 23.1 Å². The molecule has 0 amide bonds. The van der Waals surface area contributed by atoms with Gasteiger partial charge in [-0.25, -0.2) is 0 Å². The van der Waals surface area contributed by atoms with Gasteiger partial charge in [0.25, 0.3) is 0 Å². The number of hydrogen-bond donors (Lipinski definition) is 0. The minimum absolute atomic E-state index is 0.301. The van der Waals surface area contributed by atoms with Crippen LogP contribution in [0.15, 0.2) is 21.7 Å². The molecule has 0 unspecified atom stereocenters. The fraction of sp³-hybridized carbons (Fsp3) is 0.375. The van der Waals surface area contributed by atoms with E-state index in [1.165, 1.54) is 4.21 Å². The Morgan fingerprint density at radius 2 is 2.50 bits per heavy atom. The summed E-state index contributed by atoms with van der Waals surface area (Å²) in [7, 11) is 0. The lowest BCUT2D eigenvalue weighted by atomic mass is 10.1. The van der Waals surface area contributed by atoms with Crippen LogP contribution in [0.1, 0.15) is 0 Å². The van der Waals surface area contributed by atoms with E-state index in [2.05, 4.69) is 6.07 Å². The maximum Gasteiger partial charge on any atom is 0.154 e. The quantitative estimate of drug-likeness (QED) is 0.728. The van der Waals surface area contributed by atoms with Crippen LogP contribution in [0.3, 0.4) is 0 Å². The van der Waals surface area contributed by atoms with E-state index in [1.807, 2.05) is 17.5 Å². The first-order chi connectivity index (χ1) is 5.85. The Morgan fingerprint density at radius 3 is 2.92 bits per heavy atom. The van der Waals surface area contributed by atoms with E-state index in [0.717, 1.165) is 0 Å². The van der Waals surface area contributed by atoms with Crippen LogP contribution >= 0.6 is 23.1 Å². The van der Waals surface area contributed by atoms with Crippen LogP contribution in [0.4, 0.5) is 0 Å². The summed E-state index contributed by atoms with van der Waals surface area (Å²) in [6.07, 6.45) is 0. The Labute approximate surface area is 79.2 Å². The molecule has 0 N–H and O–H groups in total. The topological polar surface area (TPSA) is 33.0 Å². The van der Waals surface area contributed by atoms with Gasteiger partial charge in [-0.15, -0.1) is 11.3 Å². The molecule has 0 aromatic carbocycles. The summed E-state index contributed by atoms with van der Waals surface area (Å²) >= 11 is 3.29. The SMILES string of the molecule is N#CC1(Sc2cccs2)COC1. The predicted octanol–water partition coefficient (Wildman–Crippen LogP) is 2.13. The second kappa shape index (κ2) is 3.09. The van der Waals surface area contributed by atoms with Crippen molar-refractivity contribution in [3.05, 3.63) is 17.5 Å². The van der Waals surface area contributed by atoms with E-state index < -0.39 is 0 Å². The van der Waals surface area contributed by atoms with Crippen molar-refractivity contribution in [2.24, 2.45) is 0 Å². The number of ether oxygens (including phenoxy) is 1. The molecule has 1 aromatic rings. The summed E-state index contributed by atoms with van der Waals surface area (Å²) in [5.74, 6) is 0. The summed E-state index contributed by atoms with van der Waals surface area (Å²) in [5.41, 5.74) is 0. The molecule has 0 saturated carbocycles. The minimum atomic E-state index is -0.301. The first-order valence-electron chi connectivity index (χ1n) is 3.56. The van der Waals surface area contributed by atoms with Crippen molar-refractivity contribution in [2.45, 2.75) is 8.96 Å². The molecular formula is C8H7NOS2. The van der Waals surface area contributed by atoms with E-state index in [9.17, 15) is 0 Å². The van der Waals surface area contributed by atoms with Crippen LogP contribution in [0.5, 0.6) is 0 Å². The van der Waals surface area contributed by atoms with Gasteiger partial charge in [0.2, 0.25) is 0 Å². The second-order valence-electron chi connectivity index (χ2n) is 2.63. The lowest BCUT2D eigenvalue weighted by molar-refractivity contribution is 0.0162. The van der Waals surface area contributed by atoms with Gasteiger partial charge in [0, 0.05) is 0 Å². The molecule has 1 fully saturated rings. The smallest absolute Gasteiger partial charge is 0.154 e.